The van der Waals surface area contributed by atoms with Crippen molar-refractivity contribution < 1.29 is 18.8 Å². The predicted molar refractivity (Wildman–Crippen MR) is 153 cm³/mol. The molecule has 208 valence electrons. The smallest absolute Gasteiger partial charge is 0.340 e. The second-order valence-corrected chi connectivity index (χ2v) is 13.1. The minimum absolute atomic E-state index is 0.00984. The van der Waals surface area contributed by atoms with Gasteiger partial charge in [-0.25, -0.2) is 19.7 Å². The number of esters is 1. The van der Waals surface area contributed by atoms with Crippen LogP contribution >= 0.6 is 0 Å². The van der Waals surface area contributed by atoms with Gasteiger partial charge in [0, 0.05) is 24.4 Å². The Morgan fingerprint density at radius 3 is 2.67 bits per heavy atom. The lowest BCUT2D eigenvalue weighted by Gasteiger charge is -2.30. The van der Waals surface area contributed by atoms with Crippen molar-refractivity contribution in [1.82, 2.24) is 15.0 Å². The van der Waals surface area contributed by atoms with Crippen molar-refractivity contribution in [1.29, 1.82) is 0 Å². The first-order valence-electron chi connectivity index (χ1n) is 13.5. The number of carbonyl (C=O) groups is 1. The van der Waals surface area contributed by atoms with Crippen LogP contribution in [-0.4, -0.2) is 49.2 Å². The monoisotopic (exact) mass is 551 g/mol. The summed E-state index contributed by atoms with van der Waals surface area (Å²) in [5.74, 6) is 1.36. The van der Waals surface area contributed by atoms with Gasteiger partial charge in [-0.15, -0.1) is 0 Å². The molecule has 1 aliphatic heterocycles. The number of nitrogens with two attached hydrogens (primary N) is 1. The van der Waals surface area contributed by atoms with Crippen molar-refractivity contribution in [3.05, 3.63) is 47.4 Å². The Labute approximate surface area is 232 Å². The van der Waals surface area contributed by atoms with Gasteiger partial charge in [0.15, 0.2) is 0 Å². The number of nitrogens with one attached hydrogen (secondary N) is 1. The normalized spacial score (nSPS) is 21.4. The number of fused-ring (bicyclic) bond motifs is 3. The lowest BCUT2D eigenvalue weighted by molar-refractivity contribution is 0.0183. The summed E-state index contributed by atoms with van der Waals surface area (Å²) in [6.07, 6.45) is 8.12. The Bertz CT molecular complexity index is 1410. The Hall–Kier alpha value is -2.95. The minimum Gasteiger partial charge on any atom is -0.616 e. The molecule has 1 aliphatic carbocycles. The number of aromatic nitrogens is 3. The molecule has 1 spiro atoms. The van der Waals surface area contributed by atoms with Gasteiger partial charge in [0.25, 0.3) is 0 Å². The molecule has 5 rings (SSSR count). The number of nitrogens with zero attached hydrogens (tertiary/aromatic N) is 3. The molecule has 0 aromatic carbocycles. The number of pyridine rings is 3. The van der Waals surface area contributed by atoms with E-state index in [0.717, 1.165) is 34.9 Å². The Balaban J connectivity index is 1.50. The van der Waals surface area contributed by atoms with Crippen molar-refractivity contribution in [2.24, 2.45) is 5.73 Å². The standard InChI is InChI=1S/C29H37N5O4S/c1-7-28(5,30)22-15-32-26(37-16(2)12-17(3)39(6)36)21-14-31-24(13-20(21)22)33-23-9-8-19-25(34-23)29(10-11-29)18(4)38-27(19)35/h8-9,13-18H,7,10-12,30H2,1-6H3,(H,31,33,34)/t16-,17?,18+,28-,39?/m1/s1. The van der Waals surface area contributed by atoms with Crippen molar-refractivity contribution in [2.75, 3.05) is 11.6 Å². The quantitative estimate of drug-likeness (QED) is 0.282. The molecule has 10 heteroatoms. The summed E-state index contributed by atoms with van der Waals surface area (Å²) in [7, 11) is 0. The minimum atomic E-state index is -0.931. The van der Waals surface area contributed by atoms with Crippen molar-refractivity contribution in [3.8, 4) is 5.88 Å². The summed E-state index contributed by atoms with van der Waals surface area (Å²) < 4.78 is 23.6. The summed E-state index contributed by atoms with van der Waals surface area (Å²) in [6, 6.07) is 5.50. The second-order valence-electron chi connectivity index (χ2n) is 11.3. The van der Waals surface area contributed by atoms with Crippen LogP contribution in [0.5, 0.6) is 5.88 Å². The molecule has 1 fully saturated rings. The third kappa shape index (κ3) is 5.17. The summed E-state index contributed by atoms with van der Waals surface area (Å²) in [5.41, 5.74) is 8.11. The summed E-state index contributed by atoms with van der Waals surface area (Å²) in [5, 5.41) is 4.98. The van der Waals surface area contributed by atoms with Gasteiger partial charge in [-0.2, -0.15) is 0 Å². The lowest BCUT2D eigenvalue weighted by atomic mass is 9.88. The third-order valence-electron chi connectivity index (χ3n) is 8.32. The maximum absolute atomic E-state index is 12.4. The van der Waals surface area contributed by atoms with Crippen LogP contribution in [0.4, 0.5) is 11.6 Å². The fourth-order valence-electron chi connectivity index (χ4n) is 5.27. The average molecular weight is 552 g/mol. The highest BCUT2D eigenvalue weighted by Gasteiger charge is 2.56. The SMILES string of the molecule is CC[C@@](C)(N)c1cnc(O[C@H](C)CC(C)[S+](C)[O-])c2cnc(Nc3ccc4c(n3)C3(CC3)[C@H](C)OC4=O)cc12. The molecule has 5 atom stereocenters. The Morgan fingerprint density at radius 2 is 2.00 bits per heavy atom. The zero-order chi connectivity index (χ0) is 28.1. The maximum Gasteiger partial charge on any atom is 0.340 e. The van der Waals surface area contributed by atoms with E-state index in [0.29, 0.717) is 35.9 Å². The van der Waals surface area contributed by atoms with E-state index in [1.807, 2.05) is 40.7 Å². The molecule has 0 radical (unpaired) electrons. The van der Waals surface area contributed by atoms with Crippen LogP contribution in [0.15, 0.2) is 30.6 Å². The molecule has 0 amide bonds. The molecule has 3 aromatic rings. The molecule has 3 aromatic heterocycles. The number of carbonyl (C=O) groups excluding carboxylic acids is 1. The molecular weight excluding hydrogens is 514 g/mol. The zero-order valence-corrected chi connectivity index (χ0v) is 24.2. The second kappa shape index (κ2) is 10.2. The van der Waals surface area contributed by atoms with E-state index in [-0.39, 0.29) is 28.8 Å². The van der Waals surface area contributed by atoms with Crippen molar-refractivity contribution >= 4 is 39.6 Å². The van der Waals surface area contributed by atoms with E-state index in [1.54, 1.807) is 30.8 Å². The molecule has 2 aliphatic rings. The van der Waals surface area contributed by atoms with Gasteiger partial charge in [0.05, 0.1) is 28.3 Å². The molecule has 1 saturated carbocycles. The van der Waals surface area contributed by atoms with Gasteiger partial charge in [0.2, 0.25) is 5.88 Å². The van der Waals surface area contributed by atoms with Crippen LogP contribution in [0.1, 0.15) is 81.9 Å². The van der Waals surface area contributed by atoms with Gasteiger partial charge in [-0.3, -0.25) is 0 Å². The van der Waals surface area contributed by atoms with Crippen LogP contribution in [0.3, 0.4) is 0 Å². The maximum atomic E-state index is 12.4. The molecule has 2 unspecified atom stereocenters. The first kappa shape index (κ1) is 27.6. The number of ether oxygens (including phenoxy) is 2. The van der Waals surface area contributed by atoms with E-state index in [9.17, 15) is 9.35 Å². The van der Waals surface area contributed by atoms with Crippen LogP contribution in [-0.2, 0) is 26.9 Å². The number of hydrogen-bond acceptors (Lipinski definition) is 9. The number of anilines is 2. The highest BCUT2D eigenvalue weighted by Crippen LogP contribution is 2.54. The summed E-state index contributed by atoms with van der Waals surface area (Å²) in [4.78, 5) is 26.6. The molecule has 39 heavy (non-hydrogen) atoms. The van der Waals surface area contributed by atoms with Crippen molar-refractivity contribution in [3.63, 3.8) is 0 Å². The molecular formula is C29H37N5O4S. The Kier molecular flexibility index (Phi) is 7.24. The summed E-state index contributed by atoms with van der Waals surface area (Å²) in [6.45, 7) is 9.88. The van der Waals surface area contributed by atoms with Crippen LogP contribution in [0.2, 0.25) is 0 Å². The first-order valence-corrected chi connectivity index (χ1v) is 15.1. The van der Waals surface area contributed by atoms with Crippen LogP contribution in [0.25, 0.3) is 10.8 Å². The highest BCUT2D eigenvalue weighted by molar-refractivity contribution is 7.91. The molecule has 9 nitrogen and oxygen atoms in total. The van der Waals surface area contributed by atoms with E-state index in [1.165, 1.54) is 0 Å². The molecule has 0 bridgehead atoms. The van der Waals surface area contributed by atoms with Crippen molar-refractivity contribution in [2.45, 2.75) is 88.7 Å². The van der Waals surface area contributed by atoms with Gasteiger partial charge in [-0.1, -0.05) is 18.1 Å². The highest BCUT2D eigenvalue weighted by atomic mass is 32.2. The largest absolute Gasteiger partial charge is 0.616 e. The fourth-order valence-corrected chi connectivity index (χ4v) is 5.81. The average Bonchev–Trinajstić information content (AvgIpc) is 3.69. The first-order chi connectivity index (χ1) is 18.4. The van der Waals surface area contributed by atoms with E-state index < -0.39 is 16.7 Å². The molecule has 4 heterocycles. The fraction of sp³-hybridized carbons (Fsp3) is 0.517. The van der Waals surface area contributed by atoms with E-state index >= 15 is 0 Å². The Morgan fingerprint density at radius 1 is 1.26 bits per heavy atom. The van der Waals surface area contributed by atoms with E-state index in [2.05, 4.69) is 15.3 Å². The molecule has 3 N–H and O–H groups in total. The van der Waals surface area contributed by atoms with Gasteiger partial charge in [-0.05, 0) is 76.1 Å². The van der Waals surface area contributed by atoms with Gasteiger partial charge in [0.1, 0.15) is 29.1 Å². The molecule has 0 saturated heterocycles. The number of rotatable bonds is 9. The number of hydrogen-bond donors (Lipinski definition) is 2. The lowest BCUT2D eigenvalue weighted by Crippen LogP contribution is -2.36. The van der Waals surface area contributed by atoms with Gasteiger partial charge >= 0.3 is 5.97 Å². The number of cyclic esters (lactones) is 1. The third-order valence-corrected chi connectivity index (χ3v) is 9.65. The van der Waals surface area contributed by atoms with Crippen LogP contribution < -0.4 is 15.8 Å². The van der Waals surface area contributed by atoms with E-state index in [4.69, 9.17) is 20.2 Å². The topological polar surface area (TPSA) is 135 Å². The zero-order valence-electron chi connectivity index (χ0n) is 23.4. The summed E-state index contributed by atoms with van der Waals surface area (Å²) >= 11 is -0.931. The van der Waals surface area contributed by atoms with Gasteiger partial charge < -0.3 is 25.1 Å². The predicted octanol–water partition coefficient (Wildman–Crippen LogP) is 4.87. The van der Waals surface area contributed by atoms with Crippen LogP contribution in [0, 0.1) is 0 Å².